The molecule has 26 heavy (non-hydrogen) atoms. The van der Waals surface area contributed by atoms with E-state index in [4.69, 9.17) is 4.74 Å². The van der Waals surface area contributed by atoms with Crippen molar-refractivity contribution in [1.82, 2.24) is 10.3 Å². The monoisotopic (exact) mass is 366 g/mol. The van der Waals surface area contributed by atoms with Crippen molar-refractivity contribution in [3.05, 3.63) is 64.7 Å². The van der Waals surface area contributed by atoms with Crippen molar-refractivity contribution < 1.29 is 14.3 Å². The van der Waals surface area contributed by atoms with Crippen LogP contribution in [0.5, 0.6) is 0 Å². The number of benzene rings is 2. The molecule has 0 unspecified atom stereocenters. The van der Waals surface area contributed by atoms with Gasteiger partial charge in [0.1, 0.15) is 0 Å². The average molecular weight is 366 g/mol. The van der Waals surface area contributed by atoms with E-state index in [2.05, 4.69) is 22.4 Å². The first-order chi connectivity index (χ1) is 12.7. The van der Waals surface area contributed by atoms with E-state index in [1.807, 2.05) is 12.1 Å². The minimum Gasteiger partial charge on any atom is -0.452 e. The highest BCUT2D eigenvalue weighted by Crippen LogP contribution is 2.29. The molecule has 1 N–H and O–H groups in total. The Hall–Kier alpha value is -2.73. The van der Waals surface area contributed by atoms with Crippen LogP contribution in [0.1, 0.15) is 40.4 Å². The topological polar surface area (TPSA) is 68.3 Å². The van der Waals surface area contributed by atoms with Crippen LogP contribution < -0.4 is 5.32 Å². The van der Waals surface area contributed by atoms with Crippen molar-refractivity contribution in [1.29, 1.82) is 0 Å². The van der Waals surface area contributed by atoms with Gasteiger partial charge in [0.2, 0.25) is 0 Å². The lowest BCUT2D eigenvalue weighted by atomic mass is 9.88. The van der Waals surface area contributed by atoms with Gasteiger partial charge in [-0.2, -0.15) is 0 Å². The molecule has 1 amide bonds. The molecule has 0 aliphatic heterocycles. The van der Waals surface area contributed by atoms with Gasteiger partial charge in [-0.05, 0) is 48.6 Å². The van der Waals surface area contributed by atoms with Crippen molar-refractivity contribution >= 4 is 33.4 Å². The van der Waals surface area contributed by atoms with E-state index in [1.165, 1.54) is 16.9 Å². The lowest BCUT2D eigenvalue weighted by Crippen LogP contribution is -2.34. The number of nitrogens with zero attached hydrogens (tertiary/aromatic N) is 1. The van der Waals surface area contributed by atoms with Crippen LogP contribution in [0.15, 0.2) is 48.0 Å². The Kier molecular flexibility index (Phi) is 4.67. The first-order valence-electron chi connectivity index (χ1n) is 8.58. The summed E-state index contributed by atoms with van der Waals surface area (Å²) in [6.07, 6.45) is 2.98. The zero-order valence-electron chi connectivity index (χ0n) is 14.1. The van der Waals surface area contributed by atoms with Gasteiger partial charge in [-0.25, -0.2) is 9.78 Å². The van der Waals surface area contributed by atoms with E-state index in [0.29, 0.717) is 5.56 Å². The number of amides is 1. The van der Waals surface area contributed by atoms with Crippen LogP contribution in [-0.4, -0.2) is 23.5 Å². The summed E-state index contributed by atoms with van der Waals surface area (Å²) in [4.78, 5) is 28.6. The van der Waals surface area contributed by atoms with Crippen LogP contribution in [0.4, 0.5) is 0 Å². The summed E-state index contributed by atoms with van der Waals surface area (Å²) in [5.41, 5.74) is 5.45. The Morgan fingerprint density at radius 1 is 1.23 bits per heavy atom. The minimum absolute atomic E-state index is 0.0142. The fourth-order valence-electron chi connectivity index (χ4n) is 3.34. The third-order valence-corrected chi connectivity index (χ3v) is 5.40. The van der Waals surface area contributed by atoms with Gasteiger partial charge in [0.15, 0.2) is 6.61 Å². The van der Waals surface area contributed by atoms with Gasteiger partial charge in [0.25, 0.3) is 5.91 Å². The molecule has 6 heteroatoms. The maximum Gasteiger partial charge on any atom is 0.338 e. The summed E-state index contributed by atoms with van der Waals surface area (Å²) in [5, 5.41) is 2.98. The van der Waals surface area contributed by atoms with Gasteiger partial charge in [-0.1, -0.05) is 24.3 Å². The fourth-order valence-corrected chi connectivity index (χ4v) is 4.05. The van der Waals surface area contributed by atoms with Crippen LogP contribution in [0, 0.1) is 0 Å². The maximum absolute atomic E-state index is 12.2. The predicted octanol–water partition coefficient (Wildman–Crippen LogP) is 3.65. The van der Waals surface area contributed by atoms with Crippen molar-refractivity contribution in [2.24, 2.45) is 0 Å². The maximum atomic E-state index is 12.2. The highest BCUT2D eigenvalue weighted by molar-refractivity contribution is 7.16. The van der Waals surface area contributed by atoms with Crippen LogP contribution in [-0.2, 0) is 16.0 Å². The van der Waals surface area contributed by atoms with Crippen LogP contribution in [0.3, 0.4) is 0 Å². The number of hydrogen-bond acceptors (Lipinski definition) is 5. The third kappa shape index (κ3) is 3.46. The molecule has 1 aromatic heterocycles. The second-order valence-corrected chi connectivity index (χ2v) is 7.21. The minimum atomic E-state index is -0.500. The largest absolute Gasteiger partial charge is 0.452 e. The molecular weight excluding hydrogens is 348 g/mol. The normalized spacial score (nSPS) is 16.1. The van der Waals surface area contributed by atoms with E-state index in [-0.39, 0.29) is 18.6 Å². The lowest BCUT2D eigenvalue weighted by molar-refractivity contribution is -0.125. The molecule has 1 heterocycles. The van der Waals surface area contributed by atoms with Gasteiger partial charge >= 0.3 is 5.97 Å². The molecule has 1 atom stereocenters. The van der Waals surface area contributed by atoms with E-state index in [0.717, 1.165) is 35.0 Å². The fraction of sp³-hybridized carbons (Fsp3) is 0.250. The second kappa shape index (κ2) is 7.25. The zero-order valence-corrected chi connectivity index (χ0v) is 14.9. The molecule has 0 spiro atoms. The molecule has 1 aliphatic rings. The molecule has 0 saturated carbocycles. The number of aromatic nitrogens is 1. The lowest BCUT2D eigenvalue weighted by Gasteiger charge is -2.26. The number of aryl methyl sites for hydroxylation is 1. The molecule has 132 valence electrons. The van der Waals surface area contributed by atoms with E-state index < -0.39 is 5.97 Å². The van der Waals surface area contributed by atoms with Gasteiger partial charge in [0, 0.05) is 0 Å². The number of hydrogen-bond donors (Lipinski definition) is 1. The summed E-state index contributed by atoms with van der Waals surface area (Å²) in [5.74, 6) is -0.779. The number of esters is 1. The Morgan fingerprint density at radius 3 is 3.04 bits per heavy atom. The average Bonchev–Trinajstić information content (AvgIpc) is 3.14. The third-order valence-electron chi connectivity index (χ3n) is 4.61. The van der Waals surface area contributed by atoms with Gasteiger partial charge in [-0.15, -0.1) is 11.3 Å². The predicted molar refractivity (Wildman–Crippen MR) is 100 cm³/mol. The van der Waals surface area contributed by atoms with Crippen LogP contribution in [0.25, 0.3) is 10.2 Å². The molecule has 0 bridgehead atoms. The second-order valence-electron chi connectivity index (χ2n) is 6.32. The molecule has 0 saturated heterocycles. The highest BCUT2D eigenvalue weighted by atomic mass is 32.1. The summed E-state index contributed by atoms with van der Waals surface area (Å²) < 4.78 is 6.10. The van der Waals surface area contributed by atoms with Crippen molar-refractivity contribution in [3.8, 4) is 0 Å². The molecule has 4 rings (SSSR count). The number of nitrogens with one attached hydrogen (secondary N) is 1. The SMILES string of the molecule is O=C(COC(=O)c1ccc2ncsc2c1)N[C@H]1CCCc2ccccc21. The first kappa shape index (κ1) is 16.7. The highest BCUT2D eigenvalue weighted by Gasteiger charge is 2.22. The quantitative estimate of drug-likeness (QED) is 0.716. The standard InChI is InChI=1S/C20H18N2O3S/c23-19(22-16-7-3-5-13-4-1-2-6-15(13)16)11-25-20(24)14-8-9-17-18(10-14)26-12-21-17/h1-2,4,6,8-10,12,16H,3,5,7,11H2,(H,22,23)/t16-/m0/s1. The summed E-state index contributed by atoms with van der Waals surface area (Å²) in [6, 6.07) is 13.3. The Morgan fingerprint density at radius 2 is 2.12 bits per heavy atom. The van der Waals surface area contributed by atoms with Crippen molar-refractivity contribution in [2.75, 3.05) is 6.61 Å². The summed E-state index contributed by atoms with van der Waals surface area (Å²) >= 11 is 1.46. The smallest absolute Gasteiger partial charge is 0.338 e. The zero-order chi connectivity index (χ0) is 17.9. The summed E-state index contributed by atoms with van der Waals surface area (Å²) in [6.45, 7) is -0.280. The van der Waals surface area contributed by atoms with E-state index in [9.17, 15) is 9.59 Å². The van der Waals surface area contributed by atoms with Crippen molar-refractivity contribution in [2.45, 2.75) is 25.3 Å². The van der Waals surface area contributed by atoms with E-state index in [1.54, 1.807) is 23.7 Å². The molecular formula is C20H18N2O3S. The number of thiazole rings is 1. The van der Waals surface area contributed by atoms with E-state index >= 15 is 0 Å². The van der Waals surface area contributed by atoms with Crippen molar-refractivity contribution in [3.63, 3.8) is 0 Å². The number of fused-ring (bicyclic) bond motifs is 2. The van der Waals surface area contributed by atoms with Gasteiger partial charge < -0.3 is 10.1 Å². The molecule has 0 radical (unpaired) electrons. The first-order valence-corrected chi connectivity index (χ1v) is 9.46. The molecule has 0 fully saturated rings. The van der Waals surface area contributed by atoms with Crippen LogP contribution in [0.2, 0.25) is 0 Å². The molecule has 2 aromatic carbocycles. The molecule has 3 aromatic rings. The molecule has 1 aliphatic carbocycles. The number of carbonyl (C=O) groups is 2. The Labute approximate surface area is 155 Å². The molecule has 5 nitrogen and oxygen atoms in total. The summed E-state index contributed by atoms with van der Waals surface area (Å²) in [7, 11) is 0. The van der Waals surface area contributed by atoms with Gasteiger partial charge in [0.05, 0.1) is 27.3 Å². The number of carbonyl (C=O) groups excluding carboxylic acids is 2. The number of ether oxygens (including phenoxy) is 1. The Balaban J connectivity index is 1.36. The number of rotatable bonds is 4. The Bertz CT molecular complexity index is 966. The van der Waals surface area contributed by atoms with Gasteiger partial charge in [-0.3, -0.25) is 4.79 Å². The van der Waals surface area contributed by atoms with Crippen LogP contribution >= 0.6 is 11.3 Å².